The zero-order valence-electron chi connectivity index (χ0n) is 21.8. The van der Waals surface area contributed by atoms with Crippen molar-refractivity contribution in [2.24, 2.45) is 5.92 Å². The summed E-state index contributed by atoms with van der Waals surface area (Å²) >= 11 is 0. The van der Waals surface area contributed by atoms with Crippen molar-refractivity contribution < 1.29 is 43.5 Å². The molecule has 7 unspecified atom stereocenters. The molecule has 0 aromatic carbocycles. The molecule has 2 fully saturated rings. The first-order valence-corrected chi connectivity index (χ1v) is 11.7. The molecule has 0 aromatic heterocycles. The van der Waals surface area contributed by atoms with E-state index >= 15 is 0 Å². The third kappa shape index (κ3) is 5.74. The summed E-state index contributed by atoms with van der Waals surface area (Å²) in [6.45, 7) is 15.4. The highest BCUT2D eigenvalue weighted by atomic mass is 16.7. The first-order valence-electron chi connectivity index (χ1n) is 11.7. The van der Waals surface area contributed by atoms with E-state index in [0.29, 0.717) is 11.1 Å². The summed E-state index contributed by atoms with van der Waals surface area (Å²) in [5.41, 5.74) is -1.48. The van der Waals surface area contributed by atoms with Gasteiger partial charge in [0.2, 0.25) is 0 Å². The molecule has 1 aliphatic carbocycles. The maximum Gasteiger partial charge on any atom is 0.333 e. The highest BCUT2D eigenvalue weighted by Crippen LogP contribution is 2.51. The molecular formula is C26H38O9. The van der Waals surface area contributed by atoms with Crippen LogP contribution in [0, 0.1) is 5.92 Å². The van der Waals surface area contributed by atoms with Crippen LogP contribution in [0.2, 0.25) is 0 Å². The van der Waals surface area contributed by atoms with E-state index in [2.05, 4.69) is 6.58 Å². The Bertz CT molecular complexity index is 931. The minimum absolute atomic E-state index is 0.127. The fourth-order valence-electron chi connectivity index (χ4n) is 3.97. The number of carbonyl (C=O) groups excluding carboxylic acids is 3. The second-order valence-corrected chi connectivity index (χ2v) is 9.82. The lowest BCUT2D eigenvalue weighted by Crippen LogP contribution is -2.55. The number of Topliss-reactive ketones (excluding diaryl/α,β-unsaturated/α-hetero) is 1. The van der Waals surface area contributed by atoms with Gasteiger partial charge < -0.3 is 29.2 Å². The van der Waals surface area contributed by atoms with Crippen molar-refractivity contribution in [3.8, 4) is 0 Å². The van der Waals surface area contributed by atoms with Crippen molar-refractivity contribution in [3.05, 3.63) is 35.5 Å². The van der Waals surface area contributed by atoms with Gasteiger partial charge in [-0.2, -0.15) is 0 Å². The van der Waals surface area contributed by atoms with Gasteiger partial charge in [-0.3, -0.25) is 4.79 Å². The molecule has 1 aliphatic heterocycles. The molecule has 0 bridgehead atoms. The fraction of sp³-hybridized carbons (Fsp3) is 0.654. The maximum absolute atomic E-state index is 12.9. The second-order valence-electron chi connectivity index (χ2n) is 9.82. The molecule has 0 amide bonds. The van der Waals surface area contributed by atoms with Crippen molar-refractivity contribution in [2.75, 3.05) is 7.11 Å². The fourth-order valence-corrected chi connectivity index (χ4v) is 3.97. The van der Waals surface area contributed by atoms with Gasteiger partial charge >= 0.3 is 11.9 Å². The molecule has 2 rings (SSSR count). The number of aliphatic hydroxyl groups excluding tert-OH is 2. The average molecular weight is 495 g/mol. The first-order chi connectivity index (χ1) is 16.2. The normalized spacial score (nSPS) is 30.7. The number of hydrogen-bond acceptors (Lipinski definition) is 9. The van der Waals surface area contributed by atoms with Gasteiger partial charge in [-0.1, -0.05) is 18.7 Å². The van der Waals surface area contributed by atoms with E-state index in [9.17, 15) is 24.6 Å². The second kappa shape index (κ2) is 10.7. The van der Waals surface area contributed by atoms with Gasteiger partial charge in [-0.15, -0.1) is 0 Å². The SMILES string of the molecule is C=C(C(CC(O)C(C)(C)OC)OC(=O)C(C)=CC)C1C(O)C(=O)C2(C)OC2C1OC(=O)C(C)=CC. The highest BCUT2D eigenvalue weighted by Gasteiger charge is 2.71. The topological polar surface area (TPSA) is 132 Å². The number of ether oxygens (including phenoxy) is 4. The number of rotatable bonds is 10. The Balaban J connectivity index is 2.46. The number of methoxy groups -OCH3 is 1. The van der Waals surface area contributed by atoms with Crippen molar-refractivity contribution in [1.82, 2.24) is 0 Å². The number of esters is 2. The standard InChI is InChI=1S/C26H38O9/c1-10-13(3)23(30)33-16(12-17(27)25(6,7)32-9)15(5)18-19(28)21(29)26(8)22(35-26)20(18)34-24(31)14(4)11-2/h10-11,16-20,22,27-28H,5,12H2,1-4,6-9H3. The Kier molecular flexibility index (Phi) is 8.87. The number of hydrogen-bond donors (Lipinski definition) is 2. The molecule has 0 spiro atoms. The number of ketones is 1. The van der Waals surface area contributed by atoms with Crippen molar-refractivity contribution in [3.63, 3.8) is 0 Å². The van der Waals surface area contributed by atoms with Crippen molar-refractivity contribution in [1.29, 1.82) is 0 Å². The molecule has 0 radical (unpaired) electrons. The number of aliphatic hydroxyl groups is 2. The van der Waals surface area contributed by atoms with E-state index in [1.165, 1.54) is 14.0 Å². The Labute approximate surface area is 206 Å². The van der Waals surface area contributed by atoms with Gasteiger partial charge in [0.15, 0.2) is 11.4 Å². The van der Waals surface area contributed by atoms with Gasteiger partial charge in [-0.05, 0) is 54.0 Å². The molecule has 0 aromatic rings. The van der Waals surface area contributed by atoms with Gasteiger partial charge in [0.1, 0.15) is 24.4 Å². The smallest absolute Gasteiger partial charge is 0.333 e. The van der Waals surface area contributed by atoms with Gasteiger partial charge in [0, 0.05) is 24.7 Å². The number of allylic oxidation sites excluding steroid dienone is 2. The Hall–Kier alpha value is -2.33. The molecular weight excluding hydrogens is 456 g/mol. The Morgan fingerprint density at radius 2 is 1.74 bits per heavy atom. The van der Waals surface area contributed by atoms with E-state index in [1.807, 2.05) is 0 Å². The molecule has 9 nitrogen and oxygen atoms in total. The van der Waals surface area contributed by atoms with E-state index in [1.54, 1.807) is 53.7 Å². The van der Waals surface area contributed by atoms with Gasteiger partial charge in [0.25, 0.3) is 0 Å². The molecule has 9 heteroatoms. The van der Waals surface area contributed by atoms with Crippen LogP contribution in [0.5, 0.6) is 0 Å². The number of fused-ring (bicyclic) bond motifs is 1. The van der Waals surface area contributed by atoms with Gasteiger partial charge in [0.05, 0.1) is 17.6 Å². The molecule has 2 N–H and O–H groups in total. The summed E-state index contributed by atoms with van der Waals surface area (Å²) in [6.07, 6.45) is -2.66. The lowest BCUT2D eigenvalue weighted by Gasteiger charge is -2.39. The molecule has 1 heterocycles. The van der Waals surface area contributed by atoms with Crippen LogP contribution in [0.3, 0.4) is 0 Å². The van der Waals surface area contributed by atoms with Crippen LogP contribution < -0.4 is 0 Å². The Morgan fingerprint density at radius 1 is 1.20 bits per heavy atom. The molecule has 1 saturated heterocycles. The average Bonchev–Trinajstić information content (AvgIpc) is 3.53. The molecule has 2 aliphatic rings. The molecule has 35 heavy (non-hydrogen) atoms. The maximum atomic E-state index is 12.9. The summed E-state index contributed by atoms with van der Waals surface area (Å²) < 4.78 is 22.3. The van der Waals surface area contributed by atoms with Crippen LogP contribution >= 0.6 is 0 Å². The molecule has 1 saturated carbocycles. The van der Waals surface area contributed by atoms with Gasteiger partial charge in [-0.25, -0.2) is 9.59 Å². The predicted octanol–water partition coefficient (Wildman–Crippen LogP) is 2.19. The summed E-state index contributed by atoms with van der Waals surface area (Å²) in [7, 11) is 1.44. The highest BCUT2D eigenvalue weighted by molar-refractivity contribution is 5.96. The summed E-state index contributed by atoms with van der Waals surface area (Å²) in [4.78, 5) is 38.1. The van der Waals surface area contributed by atoms with Crippen LogP contribution in [-0.2, 0) is 33.3 Å². The lowest BCUT2D eigenvalue weighted by molar-refractivity contribution is -0.158. The predicted molar refractivity (Wildman–Crippen MR) is 127 cm³/mol. The first kappa shape index (κ1) is 28.9. The van der Waals surface area contributed by atoms with E-state index in [-0.39, 0.29) is 12.0 Å². The third-order valence-electron chi connectivity index (χ3n) is 7.22. The minimum Gasteiger partial charge on any atom is -0.455 e. The van der Waals surface area contributed by atoms with Crippen LogP contribution in [0.15, 0.2) is 35.5 Å². The summed E-state index contributed by atoms with van der Waals surface area (Å²) in [5, 5.41) is 21.8. The molecule has 196 valence electrons. The summed E-state index contributed by atoms with van der Waals surface area (Å²) in [6, 6.07) is 0. The van der Waals surface area contributed by atoms with Crippen LogP contribution in [0.1, 0.15) is 54.9 Å². The number of epoxide rings is 1. The quantitative estimate of drug-likeness (QED) is 0.203. The van der Waals surface area contributed by atoms with E-state index in [4.69, 9.17) is 18.9 Å². The molecule has 7 atom stereocenters. The lowest BCUT2D eigenvalue weighted by atomic mass is 9.72. The zero-order valence-corrected chi connectivity index (χ0v) is 21.8. The van der Waals surface area contributed by atoms with Crippen molar-refractivity contribution >= 4 is 17.7 Å². The van der Waals surface area contributed by atoms with Crippen molar-refractivity contribution in [2.45, 2.75) is 96.6 Å². The monoisotopic (exact) mass is 494 g/mol. The van der Waals surface area contributed by atoms with E-state index < -0.39 is 65.4 Å². The summed E-state index contributed by atoms with van der Waals surface area (Å²) in [5.74, 6) is -2.98. The zero-order chi connectivity index (χ0) is 26.9. The van der Waals surface area contributed by atoms with Crippen LogP contribution in [0.4, 0.5) is 0 Å². The Morgan fingerprint density at radius 3 is 2.26 bits per heavy atom. The van der Waals surface area contributed by atoms with Crippen LogP contribution in [-0.4, -0.2) is 76.8 Å². The van der Waals surface area contributed by atoms with Crippen LogP contribution in [0.25, 0.3) is 0 Å². The van der Waals surface area contributed by atoms with E-state index in [0.717, 1.165) is 0 Å². The number of carbonyl (C=O) groups is 3. The third-order valence-corrected chi connectivity index (χ3v) is 7.22. The minimum atomic E-state index is -1.62. The largest absolute Gasteiger partial charge is 0.455 e.